The molecule has 5 atom stereocenters. The Labute approximate surface area is 214 Å². The van der Waals surface area contributed by atoms with E-state index in [1.54, 1.807) is 6.08 Å². The number of nitrogens with one attached hydrogen (secondary N) is 1. The van der Waals surface area contributed by atoms with Gasteiger partial charge in [-0.2, -0.15) is 0 Å². The topological polar surface area (TPSA) is 157 Å². The van der Waals surface area contributed by atoms with Crippen LogP contribution in [0.2, 0.25) is 0 Å². The van der Waals surface area contributed by atoms with E-state index < -0.39 is 45.1 Å². The third-order valence-electron chi connectivity index (χ3n) is 6.54. The molecule has 4 rings (SSSR count). The third-order valence-corrected chi connectivity index (χ3v) is 10.7. The van der Waals surface area contributed by atoms with E-state index in [-0.39, 0.29) is 18.1 Å². The number of fused-ring (bicyclic) bond motifs is 1. The second kappa shape index (κ2) is 9.39. The molecule has 0 bridgehead atoms. The van der Waals surface area contributed by atoms with Gasteiger partial charge in [-0.05, 0) is 19.4 Å². The quantitative estimate of drug-likeness (QED) is 0.197. The molecule has 0 aromatic carbocycles. The van der Waals surface area contributed by atoms with Gasteiger partial charge < -0.3 is 24.8 Å². The number of esters is 1. The summed E-state index contributed by atoms with van der Waals surface area (Å²) in [5.41, 5.74) is 3.19. The number of aromatic nitrogens is 2. The second-order valence-corrected chi connectivity index (χ2v) is 12.3. The van der Waals surface area contributed by atoms with Gasteiger partial charge in [0.05, 0.1) is 18.8 Å². The number of rotatable bonds is 7. The van der Waals surface area contributed by atoms with Crippen molar-refractivity contribution >= 4 is 52.6 Å². The van der Waals surface area contributed by atoms with E-state index in [9.17, 15) is 19.5 Å². The Kier molecular flexibility index (Phi) is 6.96. The zero-order valence-corrected chi connectivity index (χ0v) is 22.1. The number of nitrogens with zero attached hydrogens (tertiary/aromatic N) is 3. The summed E-state index contributed by atoms with van der Waals surface area (Å²) >= 11 is 3.78. The lowest BCUT2D eigenvalue weighted by atomic mass is 9.70. The molecule has 3 heterocycles. The summed E-state index contributed by atoms with van der Waals surface area (Å²) in [7, 11) is 2.60. The van der Waals surface area contributed by atoms with Crippen LogP contribution in [0.1, 0.15) is 18.4 Å². The molecule has 4 unspecified atom stereocenters. The van der Waals surface area contributed by atoms with Crippen LogP contribution in [0.4, 0.5) is 0 Å². The van der Waals surface area contributed by atoms with Crippen molar-refractivity contribution in [3.8, 4) is 0 Å². The first-order valence-corrected chi connectivity index (χ1v) is 13.4. The van der Waals surface area contributed by atoms with Gasteiger partial charge in [-0.3, -0.25) is 20.1 Å². The Bertz CT molecular complexity index is 1110. The second-order valence-electron chi connectivity index (χ2n) is 8.57. The maximum atomic E-state index is 13.7. The summed E-state index contributed by atoms with van der Waals surface area (Å²) in [5.74, 6) is -2.13. The molecule has 14 heteroatoms. The number of methoxy groups -OCH3 is 2. The minimum absolute atomic E-state index is 0.00192. The number of ether oxygens (including phenoxy) is 2. The van der Waals surface area contributed by atoms with E-state index in [0.29, 0.717) is 10.8 Å². The van der Waals surface area contributed by atoms with Crippen molar-refractivity contribution in [3.05, 3.63) is 29.0 Å². The van der Waals surface area contributed by atoms with Crippen LogP contribution in [0.3, 0.4) is 0 Å². The molecule has 1 aromatic rings. The summed E-state index contributed by atoms with van der Waals surface area (Å²) < 4.78 is 11.3. The fraction of sp³-hybridized carbons (Fsp3) is 0.571. The predicted octanol–water partition coefficient (Wildman–Crippen LogP) is 1.16. The van der Waals surface area contributed by atoms with E-state index in [0.717, 1.165) is 16.8 Å². The molecule has 1 aromatic heterocycles. The molecule has 0 spiro atoms. The molecule has 0 saturated carbocycles. The van der Waals surface area contributed by atoms with Crippen molar-refractivity contribution in [2.24, 2.45) is 17.1 Å². The maximum Gasteiger partial charge on any atom is 0.317 e. The monoisotopic (exact) mass is 541 g/mol. The lowest BCUT2D eigenvalue weighted by molar-refractivity contribution is -0.195. The van der Waals surface area contributed by atoms with Crippen LogP contribution in [0.25, 0.3) is 0 Å². The SMILES string of the molecule is COC(=O)C1(CSc2nnc(C)s2)CN2C(=O)C(N)(OC)[C@H]2SC1(NC(C)=O)C1CC=CC=C1O. The van der Waals surface area contributed by atoms with E-state index >= 15 is 0 Å². The highest BCUT2D eigenvalue weighted by Crippen LogP contribution is 2.61. The van der Waals surface area contributed by atoms with Gasteiger partial charge in [-0.15, -0.1) is 22.0 Å². The number of amides is 2. The first kappa shape index (κ1) is 25.9. The number of thioether (sulfide) groups is 2. The molecule has 4 N–H and O–H groups in total. The Hall–Kier alpha value is -2.13. The molecule has 11 nitrogen and oxygen atoms in total. The van der Waals surface area contributed by atoms with Crippen LogP contribution in [-0.4, -0.2) is 80.5 Å². The highest BCUT2D eigenvalue weighted by Gasteiger charge is 2.75. The molecular formula is C21H27N5O6S3. The van der Waals surface area contributed by atoms with Gasteiger partial charge >= 0.3 is 5.97 Å². The molecule has 2 fully saturated rings. The normalized spacial score (nSPS) is 34.0. The van der Waals surface area contributed by atoms with Crippen molar-refractivity contribution in [3.63, 3.8) is 0 Å². The first-order valence-electron chi connectivity index (χ1n) is 10.7. The molecule has 3 aliphatic rings. The van der Waals surface area contributed by atoms with Crippen LogP contribution in [0, 0.1) is 18.3 Å². The van der Waals surface area contributed by atoms with E-state index in [4.69, 9.17) is 15.2 Å². The van der Waals surface area contributed by atoms with Gasteiger partial charge in [0.15, 0.2) is 4.34 Å². The van der Waals surface area contributed by atoms with Crippen molar-refractivity contribution in [1.29, 1.82) is 0 Å². The largest absolute Gasteiger partial charge is 0.512 e. The third kappa shape index (κ3) is 3.95. The molecular weight excluding hydrogens is 514 g/mol. The Balaban J connectivity index is 1.90. The standard InChI is InChI=1S/C21H27N5O6S3/c1-11(27)23-21(13-7-5-6-8-14(13)28)19(17(30)31-3,10-33-18-25-24-12(2)34-18)9-26-15(29)20(22,32-4)16(26)35-21/h5-6,8,13,16,28H,7,9-10,22H2,1-4H3,(H,23,27)/t13?,16-,19?,20?,21?/m1/s1. The predicted molar refractivity (Wildman–Crippen MR) is 131 cm³/mol. The number of hydrogen-bond acceptors (Lipinski definition) is 12. The smallest absolute Gasteiger partial charge is 0.317 e. The summed E-state index contributed by atoms with van der Waals surface area (Å²) in [6.07, 6.45) is 5.43. The number of hydrogen-bond donors (Lipinski definition) is 3. The van der Waals surface area contributed by atoms with Crippen LogP contribution in [0.5, 0.6) is 0 Å². The maximum absolute atomic E-state index is 13.7. The Morgan fingerprint density at radius 1 is 1.40 bits per heavy atom. The number of aliphatic hydroxyl groups excluding tert-OH is 1. The first-order chi connectivity index (χ1) is 16.5. The average molecular weight is 542 g/mol. The summed E-state index contributed by atoms with van der Waals surface area (Å²) in [6, 6.07) is 0. The average Bonchev–Trinajstić information content (AvgIpc) is 3.26. The van der Waals surface area contributed by atoms with Gasteiger partial charge in [0.25, 0.3) is 5.91 Å². The fourth-order valence-electron chi connectivity index (χ4n) is 4.84. The zero-order chi connectivity index (χ0) is 25.6. The van der Waals surface area contributed by atoms with Crippen molar-refractivity contribution in [1.82, 2.24) is 20.4 Å². The summed E-state index contributed by atoms with van der Waals surface area (Å²) in [4.78, 5) is 39.5. The van der Waals surface area contributed by atoms with E-state index in [2.05, 4.69) is 15.5 Å². The Morgan fingerprint density at radius 3 is 2.71 bits per heavy atom. The number of carbonyl (C=O) groups excluding carboxylic acids is 3. The van der Waals surface area contributed by atoms with Gasteiger partial charge in [-0.25, -0.2) is 0 Å². The summed E-state index contributed by atoms with van der Waals surface area (Å²) in [6.45, 7) is 3.06. The van der Waals surface area contributed by atoms with Gasteiger partial charge in [0.2, 0.25) is 11.6 Å². The minimum atomic E-state index is -1.63. The van der Waals surface area contributed by atoms with Crippen LogP contribution in [-0.2, 0) is 23.9 Å². The van der Waals surface area contributed by atoms with Crippen molar-refractivity contribution in [2.75, 3.05) is 26.5 Å². The summed E-state index contributed by atoms with van der Waals surface area (Å²) in [5, 5.41) is 22.2. The fourth-order valence-corrected chi connectivity index (χ4v) is 9.08. The van der Waals surface area contributed by atoms with Gasteiger partial charge in [0, 0.05) is 26.3 Å². The number of nitrogens with two attached hydrogens (primary N) is 1. The molecule has 2 aliphatic heterocycles. The Morgan fingerprint density at radius 2 is 2.14 bits per heavy atom. The van der Waals surface area contributed by atoms with Crippen molar-refractivity contribution in [2.45, 2.75) is 40.6 Å². The highest BCUT2D eigenvalue weighted by molar-refractivity contribution is 8.02. The van der Waals surface area contributed by atoms with Gasteiger partial charge in [0.1, 0.15) is 20.7 Å². The van der Waals surface area contributed by atoms with Crippen LogP contribution in [0.15, 0.2) is 28.3 Å². The molecule has 2 saturated heterocycles. The molecule has 0 radical (unpaired) electrons. The van der Waals surface area contributed by atoms with Gasteiger partial charge in [-0.1, -0.05) is 35.3 Å². The minimum Gasteiger partial charge on any atom is -0.512 e. The zero-order valence-electron chi connectivity index (χ0n) is 19.6. The van der Waals surface area contributed by atoms with Crippen molar-refractivity contribution < 1.29 is 29.0 Å². The lowest BCUT2D eigenvalue weighted by Gasteiger charge is -2.65. The number of allylic oxidation sites excluding steroid dienone is 3. The molecule has 35 heavy (non-hydrogen) atoms. The van der Waals surface area contributed by atoms with Crippen LogP contribution >= 0.6 is 34.9 Å². The van der Waals surface area contributed by atoms with Crippen LogP contribution < -0.4 is 11.1 Å². The number of aryl methyl sites for hydroxylation is 1. The van der Waals surface area contributed by atoms with E-state index in [1.807, 2.05) is 13.0 Å². The molecule has 190 valence electrons. The molecule has 1 aliphatic carbocycles. The number of β-lactam (4-membered cyclic amide) rings is 1. The number of carbonyl (C=O) groups is 3. The van der Waals surface area contributed by atoms with E-state index in [1.165, 1.54) is 55.2 Å². The highest BCUT2D eigenvalue weighted by atomic mass is 32.2. The molecule has 2 amide bonds. The lowest BCUT2D eigenvalue weighted by Crippen LogP contribution is -2.86. The number of aliphatic hydroxyl groups is 1.